The van der Waals surface area contributed by atoms with Crippen LogP contribution in [0.2, 0.25) is 0 Å². The van der Waals surface area contributed by atoms with Gasteiger partial charge in [-0.3, -0.25) is 0 Å². The molecule has 240 valence electrons. The summed E-state index contributed by atoms with van der Waals surface area (Å²) in [5.74, 6) is 0.606. The highest BCUT2D eigenvalue weighted by molar-refractivity contribution is 6.16. The minimum Gasteiger partial charge on any atom is -0.456 e. The van der Waals surface area contributed by atoms with Crippen LogP contribution in [-0.4, -0.2) is 4.98 Å². The summed E-state index contributed by atoms with van der Waals surface area (Å²) in [6.45, 7) is 0. The zero-order valence-corrected chi connectivity index (χ0v) is 27.5. The van der Waals surface area contributed by atoms with Gasteiger partial charge in [-0.15, -0.1) is 0 Å². The minimum atomic E-state index is 0.606. The van der Waals surface area contributed by atoms with Gasteiger partial charge in [0.1, 0.15) is 16.7 Å². The van der Waals surface area contributed by atoms with Crippen LogP contribution in [0.1, 0.15) is 0 Å². The van der Waals surface area contributed by atoms with Gasteiger partial charge < -0.3 is 13.7 Å². The van der Waals surface area contributed by atoms with Gasteiger partial charge in [0.05, 0.1) is 5.39 Å². The number of oxazole rings is 1. The van der Waals surface area contributed by atoms with Crippen molar-refractivity contribution in [2.45, 2.75) is 0 Å². The third-order valence-electron chi connectivity index (χ3n) is 9.71. The molecule has 0 radical (unpaired) electrons. The largest absolute Gasteiger partial charge is 0.456 e. The van der Waals surface area contributed by atoms with E-state index >= 15 is 0 Å². The summed E-state index contributed by atoms with van der Waals surface area (Å²) in [4.78, 5) is 7.06. The summed E-state index contributed by atoms with van der Waals surface area (Å²) in [5.41, 5.74) is 12.0. The van der Waals surface area contributed by atoms with Gasteiger partial charge in [-0.1, -0.05) is 109 Å². The molecule has 0 N–H and O–H groups in total. The van der Waals surface area contributed by atoms with Gasteiger partial charge >= 0.3 is 0 Å². The first-order valence-corrected chi connectivity index (χ1v) is 17.1. The molecule has 2 heterocycles. The molecule has 0 aliphatic rings. The molecule has 0 fully saturated rings. The van der Waals surface area contributed by atoms with Crippen molar-refractivity contribution in [1.82, 2.24) is 4.98 Å². The van der Waals surface area contributed by atoms with Crippen molar-refractivity contribution < 1.29 is 8.83 Å². The van der Waals surface area contributed by atoms with Crippen molar-refractivity contribution in [1.29, 1.82) is 0 Å². The molecule has 4 heteroatoms. The topological polar surface area (TPSA) is 42.4 Å². The number of aromatic nitrogens is 1. The van der Waals surface area contributed by atoms with Crippen molar-refractivity contribution in [3.05, 3.63) is 182 Å². The normalized spacial score (nSPS) is 11.5. The van der Waals surface area contributed by atoms with E-state index in [1.807, 2.05) is 42.5 Å². The summed E-state index contributed by atoms with van der Waals surface area (Å²) in [7, 11) is 0. The number of fused-ring (bicyclic) bond motifs is 6. The molecule has 10 aromatic rings. The highest BCUT2D eigenvalue weighted by atomic mass is 16.4. The Kier molecular flexibility index (Phi) is 6.78. The van der Waals surface area contributed by atoms with Gasteiger partial charge in [0, 0.05) is 28.0 Å². The van der Waals surface area contributed by atoms with Crippen molar-refractivity contribution >= 4 is 60.9 Å². The fourth-order valence-corrected chi connectivity index (χ4v) is 7.22. The number of anilines is 3. The van der Waals surface area contributed by atoms with E-state index in [4.69, 9.17) is 13.8 Å². The second kappa shape index (κ2) is 11.9. The lowest BCUT2D eigenvalue weighted by Gasteiger charge is -2.26. The van der Waals surface area contributed by atoms with E-state index in [2.05, 4.69) is 144 Å². The van der Waals surface area contributed by atoms with Crippen molar-refractivity contribution in [2.24, 2.45) is 0 Å². The van der Waals surface area contributed by atoms with Crippen LogP contribution in [0.5, 0.6) is 0 Å². The van der Waals surface area contributed by atoms with Gasteiger partial charge in [0.25, 0.3) is 0 Å². The van der Waals surface area contributed by atoms with E-state index in [1.165, 1.54) is 21.9 Å². The molecule has 0 aliphatic heterocycles. The molecule has 2 aromatic heterocycles. The van der Waals surface area contributed by atoms with Crippen LogP contribution in [0.15, 0.2) is 191 Å². The lowest BCUT2D eigenvalue weighted by atomic mass is 9.98. The second-order valence-electron chi connectivity index (χ2n) is 12.8. The van der Waals surface area contributed by atoms with Crippen LogP contribution in [0.4, 0.5) is 17.1 Å². The Morgan fingerprint density at radius 1 is 0.412 bits per heavy atom. The maximum absolute atomic E-state index is 6.38. The SMILES string of the molecule is c1ccc(-c2nc3ccc4oc5cc(-c6ccc(N(c7ccccc7)c7ccc(-c8cccc9ccccc89)cc7)cc6)ccc5c4c3o2)cc1. The Balaban J connectivity index is 0.995. The first-order chi connectivity index (χ1) is 25.3. The third kappa shape index (κ3) is 5.04. The Bertz CT molecular complexity index is 2830. The number of furan rings is 1. The van der Waals surface area contributed by atoms with Gasteiger partial charge in [-0.05, 0) is 106 Å². The van der Waals surface area contributed by atoms with Gasteiger partial charge in [0.2, 0.25) is 5.89 Å². The lowest BCUT2D eigenvalue weighted by Crippen LogP contribution is -2.09. The average Bonchev–Trinajstić information content (AvgIpc) is 3.81. The molecule has 0 saturated heterocycles. The van der Waals surface area contributed by atoms with Crippen LogP contribution >= 0.6 is 0 Å². The summed E-state index contributed by atoms with van der Waals surface area (Å²) in [5, 5.41) is 4.46. The average molecular weight is 655 g/mol. The zero-order chi connectivity index (χ0) is 33.7. The van der Waals surface area contributed by atoms with E-state index in [9.17, 15) is 0 Å². The molecule has 8 aromatic carbocycles. The Morgan fingerprint density at radius 2 is 1.06 bits per heavy atom. The van der Waals surface area contributed by atoms with Crippen LogP contribution in [0, 0.1) is 0 Å². The number of para-hydroxylation sites is 1. The molecule has 0 amide bonds. The van der Waals surface area contributed by atoms with E-state index < -0.39 is 0 Å². The standard InChI is InChI=1S/C47H30N2O2/c1-3-11-34(12-4-1)47-48-42-28-29-43-45(46(42)51-47)41-27-22-35(30-44(41)50-43)31-18-23-37(24-19-31)49(36-14-5-2-6-15-36)38-25-20-33(21-26-38)40-17-9-13-32-10-7-8-16-39(32)40/h1-30H. The predicted octanol–water partition coefficient (Wildman–Crippen LogP) is 13.4. The number of hydrogen-bond donors (Lipinski definition) is 0. The fraction of sp³-hybridized carbons (Fsp3) is 0. The van der Waals surface area contributed by atoms with Crippen molar-refractivity contribution in [2.75, 3.05) is 4.90 Å². The second-order valence-corrected chi connectivity index (χ2v) is 12.8. The van der Waals surface area contributed by atoms with Crippen LogP contribution < -0.4 is 4.90 Å². The smallest absolute Gasteiger partial charge is 0.227 e. The molecular formula is C47H30N2O2. The molecule has 0 atom stereocenters. The van der Waals surface area contributed by atoms with E-state index in [0.29, 0.717) is 5.89 Å². The molecule has 0 aliphatic carbocycles. The van der Waals surface area contributed by atoms with Gasteiger partial charge in [0.15, 0.2) is 5.58 Å². The number of nitrogens with zero attached hydrogens (tertiary/aromatic N) is 2. The van der Waals surface area contributed by atoms with Crippen LogP contribution in [0.3, 0.4) is 0 Å². The maximum Gasteiger partial charge on any atom is 0.227 e. The number of hydrogen-bond acceptors (Lipinski definition) is 4. The predicted molar refractivity (Wildman–Crippen MR) is 210 cm³/mol. The van der Waals surface area contributed by atoms with Gasteiger partial charge in [-0.2, -0.15) is 0 Å². The summed E-state index contributed by atoms with van der Waals surface area (Å²) < 4.78 is 12.7. The third-order valence-corrected chi connectivity index (χ3v) is 9.71. The van der Waals surface area contributed by atoms with Gasteiger partial charge in [-0.25, -0.2) is 4.98 Å². The molecule has 0 saturated carbocycles. The van der Waals surface area contributed by atoms with Crippen LogP contribution in [0.25, 0.3) is 77.5 Å². The molecule has 4 nitrogen and oxygen atoms in total. The zero-order valence-electron chi connectivity index (χ0n) is 27.5. The maximum atomic E-state index is 6.38. The first kappa shape index (κ1) is 29.0. The molecule has 51 heavy (non-hydrogen) atoms. The number of benzene rings is 8. The minimum absolute atomic E-state index is 0.606. The quantitative estimate of drug-likeness (QED) is 0.179. The summed E-state index contributed by atoms with van der Waals surface area (Å²) in [6, 6.07) is 63.5. The monoisotopic (exact) mass is 654 g/mol. The Morgan fingerprint density at radius 3 is 1.84 bits per heavy atom. The number of rotatable bonds is 6. The van der Waals surface area contributed by atoms with Crippen LogP contribution in [-0.2, 0) is 0 Å². The molecule has 0 spiro atoms. The Labute approximate surface area is 294 Å². The lowest BCUT2D eigenvalue weighted by molar-refractivity contribution is 0.622. The Hall–Kier alpha value is -6.91. The molecule has 0 bridgehead atoms. The highest BCUT2D eigenvalue weighted by Gasteiger charge is 2.18. The fourth-order valence-electron chi connectivity index (χ4n) is 7.22. The first-order valence-electron chi connectivity index (χ1n) is 17.1. The highest BCUT2D eigenvalue weighted by Crippen LogP contribution is 2.40. The van der Waals surface area contributed by atoms with E-state index in [-0.39, 0.29) is 0 Å². The summed E-state index contributed by atoms with van der Waals surface area (Å²) >= 11 is 0. The summed E-state index contributed by atoms with van der Waals surface area (Å²) in [6.07, 6.45) is 0. The van der Waals surface area contributed by atoms with E-state index in [0.717, 1.165) is 66.8 Å². The van der Waals surface area contributed by atoms with E-state index in [1.54, 1.807) is 0 Å². The molecule has 10 rings (SSSR count). The molecular weight excluding hydrogens is 625 g/mol. The van der Waals surface area contributed by atoms with Crippen molar-refractivity contribution in [3.63, 3.8) is 0 Å². The molecule has 0 unspecified atom stereocenters. The van der Waals surface area contributed by atoms with Crippen molar-refractivity contribution in [3.8, 4) is 33.7 Å².